The molecule has 0 radical (unpaired) electrons. The van der Waals surface area contributed by atoms with Gasteiger partial charge >= 0.3 is 0 Å². The van der Waals surface area contributed by atoms with Crippen molar-refractivity contribution in [2.75, 3.05) is 0 Å². The van der Waals surface area contributed by atoms with Crippen molar-refractivity contribution in [1.29, 1.82) is 0 Å². The number of rotatable bonds is 4. The molecule has 2 heterocycles. The number of pyridine rings is 1. The number of hydrogen-bond acceptors (Lipinski definition) is 2. The molecule has 3 rings (SSSR count). The van der Waals surface area contributed by atoms with Crippen LogP contribution in [0.15, 0.2) is 24.5 Å². The Labute approximate surface area is 131 Å². The molecular formula is C18H25N3O. The highest BCUT2D eigenvalue weighted by Crippen LogP contribution is 2.28. The number of nitrogens with zero attached hydrogens (tertiary/aromatic N) is 2. The van der Waals surface area contributed by atoms with E-state index in [1.165, 1.54) is 25.7 Å². The summed E-state index contributed by atoms with van der Waals surface area (Å²) < 4.78 is 1.97. The van der Waals surface area contributed by atoms with Crippen LogP contribution >= 0.6 is 0 Å². The number of hydrogen-bond donors (Lipinski definition) is 1. The Bertz CT molecular complexity index is 653. The highest BCUT2D eigenvalue weighted by atomic mass is 16.1. The average Bonchev–Trinajstić information content (AvgIpc) is 2.91. The Balaban J connectivity index is 1.67. The van der Waals surface area contributed by atoms with Crippen molar-refractivity contribution in [3.8, 4) is 0 Å². The lowest BCUT2D eigenvalue weighted by atomic mass is 9.83. The second-order valence-electron chi connectivity index (χ2n) is 6.49. The lowest BCUT2D eigenvalue weighted by Crippen LogP contribution is -2.37. The van der Waals surface area contributed by atoms with Gasteiger partial charge in [0.15, 0.2) is 0 Å². The van der Waals surface area contributed by atoms with Crippen molar-refractivity contribution < 1.29 is 4.79 Å². The fourth-order valence-electron chi connectivity index (χ4n) is 3.58. The van der Waals surface area contributed by atoms with Gasteiger partial charge in [0.2, 0.25) is 0 Å². The molecule has 4 nitrogen and oxygen atoms in total. The van der Waals surface area contributed by atoms with Gasteiger partial charge in [0.25, 0.3) is 5.91 Å². The molecular weight excluding hydrogens is 274 g/mol. The minimum absolute atomic E-state index is 0.00939. The van der Waals surface area contributed by atoms with Crippen LogP contribution in [-0.4, -0.2) is 21.3 Å². The van der Waals surface area contributed by atoms with Crippen LogP contribution in [0.1, 0.15) is 61.5 Å². The molecule has 0 spiro atoms. The van der Waals surface area contributed by atoms with Gasteiger partial charge in [-0.2, -0.15) is 0 Å². The summed E-state index contributed by atoms with van der Waals surface area (Å²) in [6, 6.07) is 4.09. The summed E-state index contributed by atoms with van der Waals surface area (Å²) in [7, 11) is 0. The molecule has 1 N–H and O–H groups in total. The van der Waals surface area contributed by atoms with Gasteiger partial charge in [-0.15, -0.1) is 0 Å². The minimum Gasteiger partial charge on any atom is -0.349 e. The normalized spacial score (nSPS) is 21.9. The second-order valence-corrected chi connectivity index (χ2v) is 6.49. The SMILES string of the molecule is CCCC1CCC(NC(=O)c2cccn3c(C)cnc23)CC1. The standard InChI is InChI=1S/C18H25N3O/c1-3-5-14-7-9-15(10-8-14)20-18(22)16-6-4-11-21-13(2)12-19-17(16)21/h4,6,11-12,14-15H,3,5,7-10H2,1-2H3,(H,20,22). The maximum atomic E-state index is 12.6. The van der Waals surface area contributed by atoms with E-state index in [0.29, 0.717) is 11.6 Å². The van der Waals surface area contributed by atoms with Gasteiger partial charge in [-0.05, 0) is 50.7 Å². The van der Waals surface area contributed by atoms with Crippen molar-refractivity contribution in [2.45, 2.75) is 58.4 Å². The summed E-state index contributed by atoms with van der Waals surface area (Å²) in [5, 5.41) is 3.21. The number of carbonyl (C=O) groups excluding carboxylic acids is 1. The molecule has 0 bridgehead atoms. The van der Waals surface area contributed by atoms with E-state index in [-0.39, 0.29) is 5.91 Å². The molecule has 4 heteroatoms. The van der Waals surface area contributed by atoms with Crippen molar-refractivity contribution in [1.82, 2.24) is 14.7 Å². The molecule has 0 saturated heterocycles. The first kappa shape index (κ1) is 15.1. The molecule has 1 amide bonds. The Morgan fingerprint density at radius 1 is 1.36 bits per heavy atom. The number of aromatic nitrogens is 2. The fraction of sp³-hybridized carbons (Fsp3) is 0.556. The Hall–Kier alpha value is -1.84. The third kappa shape index (κ3) is 3.01. The van der Waals surface area contributed by atoms with Crippen LogP contribution < -0.4 is 5.32 Å². The van der Waals surface area contributed by atoms with Crippen molar-refractivity contribution in [3.05, 3.63) is 35.8 Å². The van der Waals surface area contributed by atoms with Crippen LogP contribution in [0.25, 0.3) is 5.65 Å². The van der Waals surface area contributed by atoms with Gasteiger partial charge in [-0.3, -0.25) is 4.79 Å². The molecule has 0 unspecified atom stereocenters. The van der Waals surface area contributed by atoms with E-state index in [1.807, 2.05) is 35.9 Å². The summed E-state index contributed by atoms with van der Waals surface area (Å²) in [4.78, 5) is 16.9. The van der Waals surface area contributed by atoms with Crippen molar-refractivity contribution in [2.24, 2.45) is 5.92 Å². The lowest BCUT2D eigenvalue weighted by molar-refractivity contribution is 0.0922. The number of aryl methyl sites for hydroxylation is 1. The van der Waals surface area contributed by atoms with Crippen LogP contribution in [0.3, 0.4) is 0 Å². The average molecular weight is 299 g/mol. The smallest absolute Gasteiger partial charge is 0.255 e. The Morgan fingerprint density at radius 2 is 2.14 bits per heavy atom. The van der Waals surface area contributed by atoms with Crippen molar-refractivity contribution >= 4 is 11.6 Å². The first-order valence-electron chi connectivity index (χ1n) is 8.42. The van der Waals surface area contributed by atoms with Crippen LogP contribution in [0.4, 0.5) is 0 Å². The zero-order valence-electron chi connectivity index (χ0n) is 13.5. The van der Waals surface area contributed by atoms with E-state index in [0.717, 1.165) is 30.1 Å². The number of nitrogens with one attached hydrogen (secondary N) is 1. The number of imidazole rings is 1. The molecule has 118 valence electrons. The summed E-state index contributed by atoms with van der Waals surface area (Å²) >= 11 is 0. The van der Waals surface area contributed by atoms with Gasteiger partial charge < -0.3 is 9.72 Å². The largest absolute Gasteiger partial charge is 0.349 e. The maximum Gasteiger partial charge on any atom is 0.255 e. The van der Waals surface area contributed by atoms with Gasteiger partial charge in [-0.1, -0.05) is 19.8 Å². The van der Waals surface area contributed by atoms with E-state index in [9.17, 15) is 4.79 Å². The van der Waals surface area contributed by atoms with E-state index >= 15 is 0 Å². The first-order valence-corrected chi connectivity index (χ1v) is 8.42. The van der Waals surface area contributed by atoms with Crippen LogP contribution in [-0.2, 0) is 0 Å². The maximum absolute atomic E-state index is 12.6. The van der Waals surface area contributed by atoms with Gasteiger partial charge in [-0.25, -0.2) is 4.98 Å². The molecule has 0 atom stereocenters. The predicted molar refractivity (Wildman–Crippen MR) is 88.0 cm³/mol. The zero-order valence-corrected chi connectivity index (χ0v) is 13.5. The molecule has 1 aliphatic carbocycles. The van der Waals surface area contributed by atoms with Crippen LogP contribution in [0.5, 0.6) is 0 Å². The predicted octanol–water partition coefficient (Wildman–Crippen LogP) is 3.73. The fourth-order valence-corrected chi connectivity index (χ4v) is 3.58. The highest BCUT2D eigenvalue weighted by Gasteiger charge is 2.23. The number of amides is 1. The van der Waals surface area contributed by atoms with Gasteiger partial charge in [0.1, 0.15) is 5.65 Å². The summed E-state index contributed by atoms with van der Waals surface area (Å²) in [5.41, 5.74) is 2.47. The minimum atomic E-state index is 0.00939. The third-order valence-electron chi connectivity index (χ3n) is 4.84. The molecule has 1 saturated carbocycles. The first-order chi connectivity index (χ1) is 10.7. The number of fused-ring (bicyclic) bond motifs is 1. The summed E-state index contributed by atoms with van der Waals surface area (Å²) in [5.74, 6) is 0.867. The molecule has 2 aromatic heterocycles. The van der Waals surface area contributed by atoms with E-state index in [1.54, 1.807) is 0 Å². The van der Waals surface area contributed by atoms with Crippen molar-refractivity contribution in [3.63, 3.8) is 0 Å². The summed E-state index contributed by atoms with van der Waals surface area (Å²) in [6.07, 6.45) is 11.0. The lowest BCUT2D eigenvalue weighted by Gasteiger charge is -2.29. The molecule has 1 fully saturated rings. The second kappa shape index (κ2) is 6.51. The van der Waals surface area contributed by atoms with Crippen LogP contribution in [0, 0.1) is 12.8 Å². The number of carbonyl (C=O) groups is 1. The quantitative estimate of drug-likeness (QED) is 0.935. The molecule has 0 aliphatic heterocycles. The molecule has 0 aromatic carbocycles. The topological polar surface area (TPSA) is 46.4 Å². The third-order valence-corrected chi connectivity index (χ3v) is 4.84. The monoisotopic (exact) mass is 299 g/mol. The zero-order chi connectivity index (χ0) is 15.5. The van der Waals surface area contributed by atoms with Gasteiger partial charge in [0, 0.05) is 24.1 Å². The van der Waals surface area contributed by atoms with E-state index in [4.69, 9.17) is 0 Å². The highest BCUT2D eigenvalue weighted by molar-refractivity contribution is 6.00. The van der Waals surface area contributed by atoms with E-state index < -0.39 is 0 Å². The molecule has 1 aliphatic rings. The molecule has 2 aromatic rings. The van der Waals surface area contributed by atoms with Crippen LogP contribution in [0.2, 0.25) is 0 Å². The van der Waals surface area contributed by atoms with E-state index in [2.05, 4.69) is 17.2 Å². The Morgan fingerprint density at radius 3 is 2.86 bits per heavy atom. The summed E-state index contributed by atoms with van der Waals surface area (Å²) in [6.45, 7) is 4.25. The molecule has 22 heavy (non-hydrogen) atoms. The van der Waals surface area contributed by atoms with Gasteiger partial charge in [0.05, 0.1) is 5.56 Å². The Kier molecular flexibility index (Phi) is 4.46.